The summed E-state index contributed by atoms with van der Waals surface area (Å²) in [6, 6.07) is 14.4. The lowest BCUT2D eigenvalue weighted by Crippen LogP contribution is -2.37. The molecule has 2 aromatic heterocycles. The third-order valence-corrected chi connectivity index (χ3v) is 5.19. The summed E-state index contributed by atoms with van der Waals surface area (Å²) in [5.74, 6) is 0.597. The van der Waals surface area contributed by atoms with Crippen molar-refractivity contribution in [3.05, 3.63) is 66.1 Å². The Morgan fingerprint density at radius 3 is 2.52 bits per heavy atom. The Morgan fingerprint density at radius 2 is 1.74 bits per heavy atom. The van der Waals surface area contributed by atoms with Gasteiger partial charge in [-0.05, 0) is 41.6 Å². The fourth-order valence-corrected chi connectivity index (χ4v) is 3.53. The fraction of sp³-hybridized carbons (Fsp3) is 0.227. The number of aryl methyl sites for hydroxylation is 1. The predicted molar refractivity (Wildman–Crippen MR) is 113 cm³/mol. The molecule has 3 heterocycles. The summed E-state index contributed by atoms with van der Waals surface area (Å²) in [5.41, 5.74) is 3.28. The van der Waals surface area contributed by atoms with E-state index in [1.807, 2.05) is 36.1 Å². The van der Waals surface area contributed by atoms with Crippen molar-refractivity contribution in [2.75, 3.05) is 31.2 Å². The highest BCUT2D eigenvalue weighted by atomic mass is 19.1. The first-order valence-electron chi connectivity index (χ1n) is 10.0. The molecule has 8 nitrogen and oxygen atoms in total. The van der Waals surface area contributed by atoms with Crippen molar-refractivity contribution in [2.45, 2.75) is 6.92 Å². The number of halogens is 1. The van der Waals surface area contributed by atoms with Gasteiger partial charge in [-0.25, -0.2) is 14.4 Å². The maximum atomic E-state index is 14.8. The van der Waals surface area contributed by atoms with Crippen LogP contribution in [-0.2, 0) is 4.74 Å². The molecule has 4 aromatic rings. The van der Waals surface area contributed by atoms with E-state index in [1.54, 1.807) is 29.1 Å². The topological polar surface area (TPSA) is 81.9 Å². The molecular weight excluding hydrogens is 397 g/mol. The molecule has 1 aliphatic rings. The molecule has 0 N–H and O–H groups in total. The van der Waals surface area contributed by atoms with E-state index in [9.17, 15) is 4.39 Å². The first-order chi connectivity index (χ1) is 15.2. The Balaban J connectivity index is 1.66. The molecule has 1 saturated heterocycles. The average molecular weight is 417 g/mol. The van der Waals surface area contributed by atoms with Crippen LogP contribution in [0.5, 0.6) is 0 Å². The maximum Gasteiger partial charge on any atom is 0.226 e. The Labute approximate surface area is 178 Å². The van der Waals surface area contributed by atoms with Gasteiger partial charge in [0.1, 0.15) is 5.82 Å². The number of ether oxygens (including phenoxy) is 1. The van der Waals surface area contributed by atoms with Crippen LogP contribution in [0.25, 0.3) is 28.3 Å². The first kappa shape index (κ1) is 19.3. The molecule has 0 radical (unpaired) electrons. The number of rotatable bonds is 4. The number of morpholine rings is 1. The van der Waals surface area contributed by atoms with Gasteiger partial charge in [0.05, 0.1) is 30.2 Å². The molecule has 0 bridgehead atoms. The maximum absolute atomic E-state index is 14.8. The molecule has 156 valence electrons. The van der Waals surface area contributed by atoms with Crippen LogP contribution in [0.1, 0.15) is 5.56 Å². The van der Waals surface area contributed by atoms with Gasteiger partial charge in [0, 0.05) is 24.8 Å². The molecule has 0 spiro atoms. The highest BCUT2D eigenvalue weighted by Gasteiger charge is 2.22. The molecule has 0 unspecified atom stereocenters. The molecule has 0 atom stereocenters. The lowest BCUT2D eigenvalue weighted by atomic mass is 10.1. The van der Waals surface area contributed by atoms with Crippen LogP contribution in [0.3, 0.4) is 0 Å². The van der Waals surface area contributed by atoms with Gasteiger partial charge in [0.15, 0.2) is 5.82 Å². The van der Waals surface area contributed by atoms with Crippen LogP contribution in [0.15, 0.2) is 54.7 Å². The lowest BCUT2D eigenvalue weighted by Gasteiger charge is -2.27. The molecule has 1 aliphatic heterocycles. The number of aromatic nitrogens is 6. The van der Waals surface area contributed by atoms with Crippen molar-refractivity contribution in [1.29, 1.82) is 0 Å². The van der Waals surface area contributed by atoms with E-state index in [0.29, 0.717) is 54.9 Å². The third-order valence-electron chi connectivity index (χ3n) is 5.19. The molecule has 5 rings (SSSR count). The second kappa shape index (κ2) is 8.19. The van der Waals surface area contributed by atoms with Crippen LogP contribution < -0.4 is 4.90 Å². The molecule has 9 heteroatoms. The SMILES string of the molecule is Cc1ccc(-n2nnnc2-c2cnc(N3CCOCC3)nc2-c2ccccc2F)cc1. The van der Waals surface area contributed by atoms with Gasteiger partial charge in [0.2, 0.25) is 5.95 Å². The predicted octanol–water partition coefficient (Wildman–Crippen LogP) is 3.07. The van der Waals surface area contributed by atoms with Gasteiger partial charge in [-0.15, -0.1) is 5.10 Å². The van der Waals surface area contributed by atoms with Crippen LogP contribution in [0.4, 0.5) is 10.3 Å². The van der Waals surface area contributed by atoms with E-state index >= 15 is 0 Å². The van der Waals surface area contributed by atoms with Crippen LogP contribution >= 0.6 is 0 Å². The minimum Gasteiger partial charge on any atom is -0.378 e. The zero-order chi connectivity index (χ0) is 21.2. The normalized spacial score (nSPS) is 14.1. The number of nitrogens with zero attached hydrogens (tertiary/aromatic N) is 7. The van der Waals surface area contributed by atoms with Gasteiger partial charge in [-0.1, -0.05) is 29.8 Å². The zero-order valence-corrected chi connectivity index (χ0v) is 16.9. The fourth-order valence-electron chi connectivity index (χ4n) is 3.53. The highest BCUT2D eigenvalue weighted by Crippen LogP contribution is 2.32. The van der Waals surface area contributed by atoms with Gasteiger partial charge < -0.3 is 9.64 Å². The van der Waals surface area contributed by atoms with E-state index < -0.39 is 0 Å². The third kappa shape index (κ3) is 3.75. The second-order valence-electron chi connectivity index (χ2n) is 7.26. The average Bonchev–Trinajstić information content (AvgIpc) is 3.30. The standard InChI is InChI=1S/C22H20FN7O/c1-15-6-8-16(9-7-15)30-21(26-27-28-30)18-14-24-22(29-10-12-31-13-11-29)25-20(18)17-4-2-3-5-19(17)23/h2-9,14H,10-13H2,1H3. The number of hydrogen-bond donors (Lipinski definition) is 0. The Bertz CT molecular complexity index is 1200. The largest absolute Gasteiger partial charge is 0.378 e. The second-order valence-corrected chi connectivity index (χ2v) is 7.26. The van der Waals surface area contributed by atoms with Crippen LogP contribution in [0.2, 0.25) is 0 Å². The number of tetrazole rings is 1. The van der Waals surface area contributed by atoms with Gasteiger partial charge in [0.25, 0.3) is 0 Å². The van der Waals surface area contributed by atoms with E-state index in [1.165, 1.54) is 6.07 Å². The van der Waals surface area contributed by atoms with Crippen molar-refractivity contribution in [2.24, 2.45) is 0 Å². The first-order valence-corrected chi connectivity index (χ1v) is 10.0. The van der Waals surface area contributed by atoms with Gasteiger partial charge in [-0.2, -0.15) is 4.68 Å². The molecule has 0 aliphatic carbocycles. The van der Waals surface area contributed by atoms with E-state index in [0.717, 1.165) is 11.3 Å². The van der Waals surface area contributed by atoms with Crippen LogP contribution in [-0.4, -0.2) is 56.5 Å². The molecule has 0 saturated carbocycles. The Morgan fingerprint density at radius 1 is 0.968 bits per heavy atom. The smallest absolute Gasteiger partial charge is 0.226 e. The summed E-state index contributed by atoms with van der Waals surface area (Å²) in [5, 5.41) is 12.2. The number of anilines is 1. The Hall–Kier alpha value is -3.72. The number of benzene rings is 2. The minimum atomic E-state index is -0.371. The number of hydrogen-bond acceptors (Lipinski definition) is 7. The molecule has 0 amide bonds. The summed E-state index contributed by atoms with van der Waals surface area (Å²) in [6.07, 6.45) is 1.66. The van der Waals surface area contributed by atoms with Crippen molar-refractivity contribution in [1.82, 2.24) is 30.2 Å². The lowest BCUT2D eigenvalue weighted by molar-refractivity contribution is 0.122. The highest BCUT2D eigenvalue weighted by molar-refractivity contribution is 5.78. The summed E-state index contributed by atoms with van der Waals surface area (Å²) >= 11 is 0. The summed E-state index contributed by atoms with van der Waals surface area (Å²) < 4.78 is 21.8. The van der Waals surface area contributed by atoms with E-state index in [-0.39, 0.29) is 5.82 Å². The monoisotopic (exact) mass is 417 g/mol. The summed E-state index contributed by atoms with van der Waals surface area (Å²) in [6.45, 7) is 4.57. The summed E-state index contributed by atoms with van der Waals surface area (Å²) in [7, 11) is 0. The van der Waals surface area contributed by atoms with Crippen molar-refractivity contribution in [3.8, 4) is 28.3 Å². The molecular formula is C22H20FN7O. The molecule has 2 aromatic carbocycles. The van der Waals surface area contributed by atoms with Crippen molar-refractivity contribution in [3.63, 3.8) is 0 Å². The van der Waals surface area contributed by atoms with Crippen molar-refractivity contribution >= 4 is 5.95 Å². The molecule has 31 heavy (non-hydrogen) atoms. The quantitative estimate of drug-likeness (QED) is 0.505. The summed E-state index contributed by atoms with van der Waals surface area (Å²) in [4.78, 5) is 11.3. The van der Waals surface area contributed by atoms with Crippen molar-refractivity contribution < 1.29 is 9.13 Å². The minimum absolute atomic E-state index is 0.368. The molecule has 1 fully saturated rings. The Kier molecular flexibility index (Phi) is 5.09. The van der Waals surface area contributed by atoms with Gasteiger partial charge >= 0.3 is 0 Å². The van der Waals surface area contributed by atoms with Crippen LogP contribution in [0, 0.1) is 12.7 Å². The van der Waals surface area contributed by atoms with Gasteiger partial charge in [-0.3, -0.25) is 0 Å². The van der Waals surface area contributed by atoms with E-state index in [2.05, 4.69) is 20.5 Å². The van der Waals surface area contributed by atoms with E-state index in [4.69, 9.17) is 9.72 Å². The zero-order valence-electron chi connectivity index (χ0n) is 16.9.